The van der Waals surface area contributed by atoms with Crippen molar-refractivity contribution in [2.45, 2.75) is 18.9 Å². The molecule has 1 aliphatic rings. The lowest BCUT2D eigenvalue weighted by Crippen LogP contribution is -2.53. The minimum absolute atomic E-state index is 0.0638. The summed E-state index contributed by atoms with van der Waals surface area (Å²) in [6.45, 7) is 0.967. The molecule has 0 unspecified atom stereocenters. The Labute approximate surface area is 150 Å². The zero-order valence-electron chi connectivity index (χ0n) is 13.8. The maximum absolute atomic E-state index is 12.4. The first-order chi connectivity index (χ1) is 12.2. The van der Waals surface area contributed by atoms with Crippen LogP contribution < -0.4 is 5.32 Å². The normalized spacial score (nSPS) is 20.3. The fraction of sp³-hybridized carbons (Fsp3) is 0.389. The van der Waals surface area contributed by atoms with Crippen molar-refractivity contribution in [3.05, 3.63) is 52.5 Å². The number of nitrogens with zero attached hydrogens (tertiary/aromatic N) is 2. The molecule has 3 heterocycles. The number of aliphatic hydroxyl groups is 1. The number of rotatable bonds is 5. The van der Waals surface area contributed by atoms with Gasteiger partial charge in [0.25, 0.3) is 5.91 Å². The molecule has 1 fully saturated rings. The van der Waals surface area contributed by atoms with Crippen molar-refractivity contribution in [3.8, 4) is 0 Å². The minimum atomic E-state index is -0.199. The fourth-order valence-electron chi connectivity index (χ4n) is 3.06. The second-order valence-corrected chi connectivity index (χ2v) is 6.98. The largest absolute Gasteiger partial charge is 0.396 e. The topological polar surface area (TPSA) is 82.5 Å². The van der Waals surface area contributed by atoms with E-state index >= 15 is 0 Å². The van der Waals surface area contributed by atoms with Gasteiger partial charge in [0.05, 0.1) is 12.0 Å². The van der Waals surface area contributed by atoms with E-state index in [2.05, 4.69) is 10.3 Å². The summed E-state index contributed by atoms with van der Waals surface area (Å²) in [5, 5.41) is 16.6. The van der Waals surface area contributed by atoms with Gasteiger partial charge in [-0.25, -0.2) is 0 Å². The highest BCUT2D eigenvalue weighted by Crippen LogP contribution is 2.19. The molecule has 2 atom stereocenters. The summed E-state index contributed by atoms with van der Waals surface area (Å²) in [6.07, 6.45) is 4.15. The van der Waals surface area contributed by atoms with Crippen LogP contribution in [0.4, 0.5) is 0 Å². The zero-order valence-corrected chi connectivity index (χ0v) is 14.6. The van der Waals surface area contributed by atoms with Crippen LogP contribution in [0.15, 0.2) is 41.4 Å². The highest BCUT2D eigenvalue weighted by atomic mass is 32.1. The quantitative estimate of drug-likeness (QED) is 0.844. The predicted octanol–water partition coefficient (Wildman–Crippen LogP) is 1.32. The molecule has 0 saturated carbocycles. The number of piperidine rings is 1. The Hall–Kier alpha value is -2.25. The average Bonchev–Trinajstić information content (AvgIpc) is 3.15. The molecule has 25 heavy (non-hydrogen) atoms. The molecule has 6 nitrogen and oxygen atoms in total. The van der Waals surface area contributed by atoms with E-state index in [1.807, 2.05) is 16.8 Å². The lowest BCUT2D eigenvalue weighted by atomic mass is 9.92. The third kappa shape index (κ3) is 4.43. The van der Waals surface area contributed by atoms with Gasteiger partial charge in [0.15, 0.2) is 0 Å². The summed E-state index contributed by atoms with van der Waals surface area (Å²) in [7, 11) is 0. The van der Waals surface area contributed by atoms with Crippen molar-refractivity contribution >= 4 is 23.2 Å². The number of likely N-dealkylation sites (tertiary alicyclic amines) is 1. The van der Waals surface area contributed by atoms with Crippen LogP contribution in [0.5, 0.6) is 0 Å². The first-order valence-corrected chi connectivity index (χ1v) is 9.22. The number of carbonyl (C=O) groups is 2. The minimum Gasteiger partial charge on any atom is -0.396 e. The smallest absolute Gasteiger partial charge is 0.253 e. The lowest BCUT2D eigenvalue weighted by molar-refractivity contribution is -0.132. The number of thiophene rings is 1. The molecule has 2 aromatic heterocycles. The zero-order chi connectivity index (χ0) is 17.6. The van der Waals surface area contributed by atoms with Crippen LogP contribution >= 0.6 is 11.3 Å². The molecule has 7 heteroatoms. The molecule has 2 aromatic rings. The van der Waals surface area contributed by atoms with Gasteiger partial charge < -0.3 is 15.3 Å². The average molecular weight is 359 g/mol. The highest BCUT2D eigenvalue weighted by molar-refractivity contribution is 7.08. The summed E-state index contributed by atoms with van der Waals surface area (Å²) in [6, 6.07) is 5.22. The van der Waals surface area contributed by atoms with Gasteiger partial charge in [0, 0.05) is 44.0 Å². The Morgan fingerprint density at radius 3 is 2.96 bits per heavy atom. The number of nitrogens with one attached hydrogen (secondary N) is 1. The van der Waals surface area contributed by atoms with Crippen molar-refractivity contribution in [1.82, 2.24) is 15.2 Å². The number of aliphatic hydroxyl groups excluding tert-OH is 1. The monoisotopic (exact) mass is 359 g/mol. The van der Waals surface area contributed by atoms with E-state index in [9.17, 15) is 14.7 Å². The van der Waals surface area contributed by atoms with Crippen LogP contribution in [0, 0.1) is 5.92 Å². The number of hydrogen-bond donors (Lipinski definition) is 2. The highest BCUT2D eigenvalue weighted by Gasteiger charge is 2.32. The standard InChI is InChI=1S/C18H21N3O3S/c22-11-15-10-21(17(23)8-13-4-7-25-12-13)6-3-16(15)20-18(24)14-2-1-5-19-9-14/h1-2,4-5,7,9,12,15-16,22H,3,6,8,10-11H2,(H,20,24)/t15-,16-/m1/s1. The van der Waals surface area contributed by atoms with Crippen LogP contribution in [0.25, 0.3) is 0 Å². The van der Waals surface area contributed by atoms with Gasteiger partial charge in [-0.05, 0) is 40.9 Å². The molecule has 0 aliphatic carbocycles. The first kappa shape index (κ1) is 17.6. The Balaban J connectivity index is 1.58. The molecule has 0 radical (unpaired) electrons. The van der Waals surface area contributed by atoms with Crippen molar-refractivity contribution in [2.24, 2.45) is 5.92 Å². The SMILES string of the molecule is O=C(N[C@@H]1CCN(C(=O)Cc2ccsc2)C[C@@H]1CO)c1cccnc1. The third-order valence-corrected chi connectivity index (χ3v) is 5.23. The van der Waals surface area contributed by atoms with Crippen molar-refractivity contribution < 1.29 is 14.7 Å². The van der Waals surface area contributed by atoms with Crippen LogP contribution in [-0.2, 0) is 11.2 Å². The molecule has 2 N–H and O–H groups in total. The maximum Gasteiger partial charge on any atom is 0.253 e. The molecule has 2 amide bonds. The fourth-order valence-corrected chi connectivity index (χ4v) is 3.73. The summed E-state index contributed by atoms with van der Waals surface area (Å²) >= 11 is 1.58. The van der Waals surface area contributed by atoms with E-state index in [0.717, 1.165) is 5.56 Å². The summed E-state index contributed by atoms with van der Waals surface area (Å²) in [5.74, 6) is -0.302. The number of carbonyl (C=O) groups excluding carboxylic acids is 2. The predicted molar refractivity (Wildman–Crippen MR) is 95.3 cm³/mol. The second-order valence-electron chi connectivity index (χ2n) is 6.20. The number of aromatic nitrogens is 1. The van der Waals surface area contributed by atoms with Crippen LogP contribution in [0.1, 0.15) is 22.3 Å². The number of amides is 2. The van der Waals surface area contributed by atoms with Crippen LogP contribution in [0.3, 0.4) is 0 Å². The molecular formula is C18H21N3O3S. The molecule has 1 aliphatic heterocycles. The molecule has 132 valence electrons. The van der Waals surface area contributed by atoms with Gasteiger partial charge in [-0.15, -0.1) is 0 Å². The van der Waals surface area contributed by atoms with Crippen LogP contribution in [0.2, 0.25) is 0 Å². The molecule has 3 rings (SSSR count). The Kier molecular flexibility index (Phi) is 5.78. The van der Waals surface area contributed by atoms with Crippen molar-refractivity contribution in [2.75, 3.05) is 19.7 Å². The Morgan fingerprint density at radius 2 is 2.28 bits per heavy atom. The third-order valence-electron chi connectivity index (χ3n) is 4.50. The van der Waals surface area contributed by atoms with E-state index in [1.165, 1.54) is 6.20 Å². The molecule has 0 spiro atoms. The van der Waals surface area contributed by atoms with Gasteiger partial charge in [0.2, 0.25) is 5.91 Å². The first-order valence-electron chi connectivity index (χ1n) is 8.28. The molecule has 1 saturated heterocycles. The molecule has 0 bridgehead atoms. The van der Waals surface area contributed by atoms with Crippen molar-refractivity contribution in [3.63, 3.8) is 0 Å². The summed E-state index contributed by atoms with van der Waals surface area (Å²) in [5.41, 5.74) is 1.51. The van der Waals surface area contributed by atoms with Crippen molar-refractivity contribution in [1.29, 1.82) is 0 Å². The van der Waals surface area contributed by atoms with E-state index in [1.54, 1.807) is 34.6 Å². The van der Waals surface area contributed by atoms with E-state index in [4.69, 9.17) is 0 Å². The van der Waals surface area contributed by atoms with Crippen LogP contribution in [-0.4, -0.2) is 52.5 Å². The second kappa shape index (κ2) is 8.22. The van der Waals surface area contributed by atoms with E-state index in [-0.39, 0.29) is 30.4 Å². The van der Waals surface area contributed by atoms with Gasteiger partial charge in [-0.2, -0.15) is 11.3 Å². The molecular weight excluding hydrogens is 338 g/mol. The van der Waals surface area contributed by atoms with E-state index < -0.39 is 0 Å². The Morgan fingerprint density at radius 1 is 1.40 bits per heavy atom. The molecule has 0 aromatic carbocycles. The number of hydrogen-bond acceptors (Lipinski definition) is 5. The number of pyridine rings is 1. The van der Waals surface area contributed by atoms with Gasteiger partial charge >= 0.3 is 0 Å². The van der Waals surface area contributed by atoms with E-state index in [0.29, 0.717) is 31.5 Å². The van der Waals surface area contributed by atoms with Gasteiger partial charge in [0.1, 0.15) is 0 Å². The summed E-state index contributed by atoms with van der Waals surface area (Å²) in [4.78, 5) is 30.4. The summed E-state index contributed by atoms with van der Waals surface area (Å²) < 4.78 is 0. The Bertz CT molecular complexity index is 706. The van der Waals surface area contributed by atoms with Gasteiger partial charge in [-0.1, -0.05) is 0 Å². The van der Waals surface area contributed by atoms with Gasteiger partial charge in [-0.3, -0.25) is 14.6 Å². The maximum atomic E-state index is 12.4. The lowest BCUT2D eigenvalue weighted by Gasteiger charge is -2.38.